The first kappa shape index (κ1) is 10.6. The summed E-state index contributed by atoms with van der Waals surface area (Å²) in [6.07, 6.45) is 6.77. The molecule has 0 N–H and O–H groups in total. The van der Waals surface area contributed by atoms with Crippen molar-refractivity contribution >= 4 is 0 Å². The first-order valence-corrected chi connectivity index (χ1v) is 5.79. The van der Waals surface area contributed by atoms with Crippen LogP contribution in [0.4, 0.5) is 0 Å². The molecule has 0 saturated heterocycles. The van der Waals surface area contributed by atoms with Gasteiger partial charge in [-0.15, -0.1) is 0 Å². The van der Waals surface area contributed by atoms with E-state index in [0.717, 1.165) is 0 Å². The predicted molar refractivity (Wildman–Crippen MR) is 58.7 cm³/mol. The topological polar surface area (TPSA) is 3.24 Å². The van der Waals surface area contributed by atoms with Crippen LogP contribution in [0.25, 0.3) is 0 Å². The molecule has 0 radical (unpaired) electrons. The Morgan fingerprint density at radius 2 is 1.62 bits per heavy atom. The lowest BCUT2D eigenvalue weighted by Gasteiger charge is -2.26. The van der Waals surface area contributed by atoms with Crippen molar-refractivity contribution in [2.75, 3.05) is 13.1 Å². The molecular formula is C12H23N. The van der Waals surface area contributed by atoms with E-state index < -0.39 is 0 Å². The molecule has 0 spiro atoms. The second-order valence-corrected chi connectivity index (χ2v) is 3.78. The Kier molecular flexibility index (Phi) is 4.34. The molecule has 1 heteroatoms. The molecule has 0 unspecified atom stereocenters. The maximum Gasteiger partial charge on any atom is 0.0146 e. The van der Waals surface area contributed by atoms with Crippen molar-refractivity contribution in [3.05, 3.63) is 11.3 Å². The first-order chi connectivity index (χ1) is 6.33. The molecule has 13 heavy (non-hydrogen) atoms. The molecule has 1 saturated carbocycles. The minimum absolute atomic E-state index is 1.17. The van der Waals surface area contributed by atoms with Gasteiger partial charge in [-0.25, -0.2) is 0 Å². The van der Waals surface area contributed by atoms with Crippen molar-refractivity contribution < 1.29 is 0 Å². The maximum absolute atomic E-state index is 2.53. The molecule has 1 aliphatic carbocycles. The maximum atomic E-state index is 2.53. The molecular weight excluding hydrogens is 158 g/mol. The fraction of sp³-hybridized carbons (Fsp3) is 0.833. The molecule has 1 fully saturated rings. The average molecular weight is 181 g/mol. The van der Waals surface area contributed by atoms with Gasteiger partial charge in [0.1, 0.15) is 0 Å². The number of nitrogens with zero attached hydrogens (tertiary/aromatic N) is 1. The highest BCUT2D eigenvalue weighted by molar-refractivity contribution is 5.15. The zero-order chi connectivity index (χ0) is 9.68. The lowest BCUT2D eigenvalue weighted by molar-refractivity contribution is 0.365. The first-order valence-electron chi connectivity index (χ1n) is 5.79. The van der Waals surface area contributed by atoms with E-state index in [1.807, 2.05) is 0 Å². The van der Waals surface area contributed by atoms with Crippen LogP contribution in [0.15, 0.2) is 11.3 Å². The second kappa shape index (κ2) is 5.31. The van der Waals surface area contributed by atoms with Gasteiger partial charge < -0.3 is 4.90 Å². The summed E-state index contributed by atoms with van der Waals surface area (Å²) in [7, 11) is 0. The lowest BCUT2D eigenvalue weighted by atomic mass is 10.1. The fourth-order valence-corrected chi connectivity index (χ4v) is 2.39. The van der Waals surface area contributed by atoms with Gasteiger partial charge in [0.25, 0.3) is 0 Å². The van der Waals surface area contributed by atoms with E-state index in [1.54, 1.807) is 11.3 Å². The van der Waals surface area contributed by atoms with Crippen molar-refractivity contribution in [1.82, 2.24) is 4.90 Å². The predicted octanol–water partition coefficient (Wildman–Crippen LogP) is 3.57. The number of hydrogen-bond donors (Lipinski definition) is 0. The summed E-state index contributed by atoms with van der Waals surface area (Å²) in [6, 6.07) is 0. The zero-order valence-electron chi connectivity index (χ0n) is 9.40. The third kappa shape index (κ3) is 2.49. The summed E-state index contributed by atoms with van der Waals surface area (Å²) in [5.41, 5.74) is 3.38. The molecule has 0 aromatic rings. The van der Waals surface area contributed by atoms with Crippen molar-refractivity contribution in [1.29, 1.82) is 0 Å². The summed E-state index contributed by atoms with van der Waals surface area (Å²) >= 11 is 0. The summed E-state index contributed by atoms with van der Waals surface area (Å²) in [5, 5.41) is 0. The molecule has 0 aliphatic heterocycles. The Bertz CT molecular complexity index is 170. The van der Waals surface area contributed by atoms with Crippen LogP contribution in [0.2, 0.25) is 0 Å². The molecule has 1 aliphatic rings. The Balaban J connectivity index is 2.73. The van der Waals surface area contributed by atoms with Gasteiger partial charge in [0, 0.05) is 18.8 Å². The van der Waals surface area contributed by atoms with Crippen LogP contribution in [0.1, 0.15) is 52.9 Å². The largest absolute Gasteiger partial charge is 0.375 e. The number of hydrogen-bond acceptors (Lipinski definition) is 1. The molecule has 1 nitrogen and oxygen atoms in total. The average Bonchev–Trinajstić information content (AvgIpc) is 2.66. The van der Waals surface area contributed by atoms with E-state index >= 15 is 0 Å². The van der Waals surface area contributed by atoms with E-state index in [2.05, 4.69) is 25.7 Å². The smallest absolute Gasteiger partial charge is 0.0146 e. The molecule has 76 valence electrons. The van der Waals surface area contributed by atoms with E-state index in [-0.39, 0.29) is 0 Å². The zero-order valence-corrected chi connectivity index (χ0v) is 9.40. The second-order valence-electron chi connectivity index (χ2n) is 3.78. The molecule has 0 bridgehead atoms. The molecule has 0 amide bonds. The van der Waals surface area contributed by atoms with Crippen molar-refractivity contribution in [3.63, 3.8) is 0 Å². The van der Waals surface area contributed by atoms with E-state index in [9.17, 15) is 0 Å². The van der Waals surface area contributed by atoms with Gasteiger partial charge in [0.15, 0.2) is 0 Å². The number of allylic oxidation sites excluding steroid dienone is 2. The van der Waals surface area contributed by atoms with E-state index in [1.165, 1.54) is 45.2 Å². The van der Waals surface area contributed by atoms with Crippen LogP contribution in [0.5, 0.6) is 0 Å². The van der Waals surface area contributed by atoms with Gasteiger partial charge >= 0.3 is 0 Å². The Labute approximate surface area is 82.8 Å². The van der Waals surface area contributed by atoms with Crippen LogP contribution >= 0.6 is 0 Å². The van der Waals surface area contributed by atoms with Gasteiger partial charge in [-0.05, 0) is 46.0 Å². The molecule has 0 aromatic carbocycles. The quantitative estimate of drug-likeness (QED) is 0.641. The van der Waals surface area contributed by atoms with Gasteiger partial charge in [-0.3, -0.25) is 0 Å². The summed E-state index contributed by atoms with van der Waals surface area (Å²) < 4.78 is 0. The van der Waals surface area contributed by atoms with Gasteiger partial charge in [0.05, 0.1) is 0 Å². The summed E-state index contributed by atoms with van der Waals surface area (Å²) in [5.74, 6) is 0. The summed E-state index contributed by atoms with van der Waals surface area (Å²) in [6.45, 7) is 9.15. The lowest BCUT2D eigenvalue weighted by Crippen LogP contribution is -2.23. The minimum atomic E-state index is 1.17. The van der Waals surface area contributed by atoms with Crippen LogP contribution < -0.4 is 0 Å². The third-order valence-corrected chi connectivity index (χ3v) is 3.10. The van der Waals surface area contributed by atoms with Crippen molar-refractivity contribution in [3.8, 4) is 0 Å². The molecule has 0 atom stereocenters. The van der Waals surface area contributed by atoms with Crippen LogP contribution in [0, 0.1) is 0 Å². The Morgan fingerprint density at radius 1 is 1.08 bits per heavy atom. The molecule has 0 aromatic heterocycles. The number of rotatable bonds is 4. The Morgan fingerprint density at radius 3 is 2.00 bits per heavy atom. The van der Waals surface area contributed by atoms with E-state index in [4.69, 9.17) is 0 Å². The van der Waals surface area contributed by atoms with Gasteiger partial charge in [0.2, 0.25) is 0 Å². The normalized spacial score (nSPS) is 16.4. The fourth-order valence-electron chi connectivity index (χ4n) is 2.39. The highest BCUT2D eigenvalue weighted by Crippen LogP contribution is 2.29. The van der Waals surface area contributed by atoms with Crippen LogP contribution in [-0.2, 0) is 0 Å². The van der Waals surface area contributed by atoms with Crippen LogP contribution in [-0.4, -0.2) is 18.0 Å². The Hall–Kier alpha value is -0.460. The minimum Gasteiger partial charge on any atom is -0.375 e. The standard InChI is InChI=1S/C12H23N/c1-4-12(13(5-2)6-3)11-9-7-8-10-11/h4-10H2,1-3H3. The highest BCUT2D eigenvalue weighted by atomic mass is 15.1. The van der Waals surface area contributed by atoms with Gasteiger partial charge in [-0.1, -0.05) is 12.5 Å². The van der Waals surface area contributed by atoms with E-state index in [0.29, 0.717) is 0 Å². The summed E-state index contributed by atoms with van der Waals surface area (Å²) in [4.78, 5) is 2.53. The SMILES string of the molecule is CCC(=C1CCCC1)N(CC)CC. The van der Waals surface area contributed by atoms with Crippen molar-refractivity contribution in [2.24, 2.45) is 0 Å². The molecule has 1 rings (SSSR count). The van der Waals surface area contributed by atoms with Gasteiger partial charge in [-0.2, -0.15) is 0 Å². The molecule has 0 heterocycles. The van der Waals surface area contributed by atoms with Crippen molar-refractivity contribution in [2.45, 2.75) is 52.9 Å². The highest BCUT2D eigenvalue weighted by Gasteiger charge is 2.14. The third-order valence-electron chi connectivity index (χ3n) is 3.10. The monoisotopic (exact) mass is 181 g/mol. The van der Waals surface area contributed by atoms with Crippen LogP contribution in [0.3, 0.4) is 0 Å².